The molecule has 12 nitrogen and oxygen atoms in total. The number of nitrogens with two attached hydrogens (primary N) is 1. The van der Waals surface area contributed by atoms with Crippen LogP contribution in [-0.2, 0) is 48.6 Å². The van der Waals surface area contributed by atoms with E-state index in [1.54, 1.807) is 26.8 Å². The SMILES string of the molecule is CC(C)(C)[C@H](NS(C)(=O)=O)C(=O)N1C[C@H]2[C@@H](C1C(=O)NC(Cc1cc3c([nH]c1=O)CCOC3)C(N)=O)C2(C)C. The molecule has 1 aromatic rings. The highest BCUT2D eigenvalue weighted by Gasteiger charge is 2.69. The minimum absolute atomic E-state index is 0.0478. The second kappa shape index (κ2) is 10.0. The van der Waals surface area contributed by atoms with Gasteiger partial charge in [0.1, 0.15) is 18.1 Å². The molecule has 216 valence electrons. The van der Waals surface area contributed by atoms with Crippen molar-refractivity contribution >= 4 is 27.7 Å². The Morgan fingerprint density at radius 2 is 1.95 bits per heavy atom. The van der Waals surface area contributed by atoms with Crippen molar-refractivity contribution in [2.45, 2.75) is 72.2 Å². The van der Waals surface area contributed by atoms with Gasteiger partial charge in [0.25, 0.3) is 5.56 Å². The van der Waals surface area contributed by atoms with Gasteiger partial charge in [-0.05, 0) is 34.3 Å². The number of nitrogens with zero attached hydrogens (tertiary/aromatic N) is 1. The molecule has 1 aliphatic carbocycles. The molecule has 5 atom stereocenters. The fourth-order valence-corrected chi connectivity index (χ4v) is 6.89. The van der Waals surface area contributed by atoms with Crippen LogP contribution in [-0.4, -0.2) is 73.6 Å². The molecule has 2 unspecified atom stereocenters. The van der Waals surface area contributed by atoms with Gasteiger partial charge in [0.05, 0.1) is 19.5 Å². The Morgan fingerprint density at radius 1 is 1.28 bits per heavy atom. The van der Waals surface area contributed by atoms with E-state index < -0.39 is 51.3 Å². The first-order chi connectivity index (χ1) is 17.9. The van der Waals surface area contributed by atoms with Crippen LogP contribution in [0.1, 0.15) is 51.4 Å². The monoisotopic (exact) mass is 565 g/mol. The van der Waals surface area contributed by atoms with E-state index in [0.29, 0.717) is 26.2 Å². The van der Waals surface area contributed by atoms with E-state index in [1.807, 2.05) is 13.8 Å². The number of aromatic amines is 1. The molecule has 0 bridgehead atoms. The van der Waals surface area contributed by atoms with Crippen LogP contribution in [0.15, 0.2) is 10.9 Å². The Hall–Kier alpha value is -2.77. The second-order valence-corrected chi connectivity index (χ2v) is 14.5. The van der Waals surface area contributed by atoms with Crippen molar-refractivity contribution in [1.29, 1.82) is 0 Å². The number of carbonyl (C=O) groups excluding carboxylic acids is 3. The van der Waals surface area contributed by atoms with E-state index >= 15 is 0 Å². The third-order valence-corrected chi connectivity index (χ3v) is 9.00. The maximum atomic E-state index is 13.7. The molecule has 0 radical (unpaired) electrons. The molecular weight excluding hydrogens is 526 g/mol. The lowest BCUT2D eigenvalue weighted by Gasteiger charge is -2.37. The number of piperidine rings is 1. The van der Waals surface area contributed by atoms with Gasteiger partial charge >= 0.3 is 0 Å². The summed E-state index contributed by atoms with van der Waals surface area (Å²) in [6.07, 6.45) is 1.44. The average molecular weight is 566 g/mol. The van der Waals surface area contributed by atoms with E-state index in [1.165, 1.54) is 4.90 Å². The zero-order valence-electron chi connectivity index (χ0n) is 23.3. The molecule has 13 heteroatoms. The standard InChI is InChI=1S/C26H39N5O7S/c1-25(2,3)20(30-39(6,36)37)24(35)31-11-15-18(26(15,4)5)19(31)23(34)29-17(21(27)32)10-13-9-14-12-38-8-7-16(14)28-22(13)33/h9,15,17-20,30H,7-8,10-12H2,1-6H3,(H2,27,32)(H,28,33)(H,29,34)/t15-,17?,18-,19?,20+/m0/s1. The van der Waals surface area contributed by atoms with Gasteiger partial charge < -0.3 is 25.7 Å². The van der Waals surface area contributed by atoms with E-state index in [-0.39, 0.29) is 34.8 Å². The van der Waals surface area contributed by atoms with Crippen LogP contribution in [0, 0.1) is 22.7 Å². The van der Waals surface area contributed by atoms with E-state index in [2.05, 4.69) is 15.0 Å². The molecule has 0 spiro atoms. The second-order valence-electron chi connectivity index (χ2n) is 12.7. The zero-order chi connectivity index (χ0) is 29.1. The number of hydrogen-bond donors (Lipinski definition) is 4. The Balaban J connectivity index is 1.58. The van der Waals surface area contributed by atoms with Crippen LogP contribution in [0.5, 0.6) is 0 Å². The first-order valence-corrected chi connectivity index (χ1v) is 15.0. The van der Waals surface area contributed by atoms with Gasteiger partial charge in [-0.15, -0.1) is 0 Å². The van der Waals surface area contributed by atoms with Crippen LogP contribution < -0.4 is 21.3 Å². The van der Waals surface area contributed by atoms with Gasteiger partial charge in [0, 0.05) is 30.6 Å². The average Bonchev–Trinajstić information content (AvgIpc) is 3.14. The summed E-state index contributed by atoms with van der Waals surface area (Å²) in [6, 6.07) is -1.52. The fourth-order valence-electron chi connectivity index (χ4n) is 6.01. The predicted octanol–water partition coefficient (Wildman–Crippen LogP) is -0.593. The Labute approximate surface area is 228 Å². The summed E-state index contributed by atoms with van der Waals surface area (Å²) in [7, 11) is -3.72. The molecule has 2 fully saturated rings. The number of rotatable bonds is 8. The molecule has 5 N–H and O–H groups in total. The van der Waals surface area contributed by atoms with Crippen LogP contribution in [0.25, 0.3) is 0 Å². The molecular formula is C26H39N5O7S. The Morgan fingerprint density at radius 3 is 2.54 bits per heavy atom. The molecule has 1 saturated heterocycles. The molecule has 3 aliphatic rings. The zero-order valence-corrected chi connectivity index (χ0v) is 24.1. The van der Waals surface area contributed by atoms with Crippen molar-refractivity contribution in [2.75, 3.05) is 19.4 Å². The summed E-state index contributed by atoms with van der Waals surface area (Å²) in [4.78, 5) is 56.8. The number of aromatic nitrogens is 1. The van der Waals surface area contributed by atoms with Crippen molar-refractivity contribution in [3.8, 4) is 0 Å². The number of sulfonamides is 1. The quantitative estimate of drug-likeness (QED) is 0.325. The number of fused-ring (bicyclic) bond motifs is 2. The fraction of sp³-hybridized carbons (Fsp3) is 0.692. The largest absolute Gasteiger partial charge is 0.376 e. The number of hydrogen-bond acceptors (Lipinski definition) is 7. The smallest absolute Gasteiger partial charge is 0.251 e. The van der Waals surface area contributed by atoms with E-state index in [9.17, 15) is 27.6 Å². The lowest BCUT2D eigenvalue weighted by atomic mass is 9.86. The summed E-state index contributed by atoms with van der Waals surface area (Å²) >= 11 is 0. The Bertz CT molecular complexity index is 1350. The highest BCUT2D eigenvalue weighted by molar-refractivity contribution is 7.88. The van der Waals surface area contributed by atoms with Crippen molar-refractivity contribution in [3.05, 3.63) is 33.2 Å². The van der Waals surface area contributed by atoms with Crippen LogP contribution in [0.4, 0.5) is 0 Å². The molecule has 1 saturated carbocycles. The minimum Gasteiger partial charge on any atom is -0.376 e. The molecule has 4 rings (SSSR count). The van der Waals surface area contributed by atoms with Crippen LogP contribution >= 0.6 is 0 Å². The maximum Gasteiger partial charge on any atom is 0.251 e. The number of ether oxygens (including phenoxy) is 1. The van der Waals surface area contributed by atoms with Gasteiger partial charge in [-0.3, -0.25) is 19.2 Å². The highest BCUT2D eigenvalue weighted by atomic mass is 32.2. The molecule has 2 aliphatic heterocycles. The summed E-state index contributed by atoms with van der Waals surface area (Å²) in [5.41, 5.74) is 6.18. The Kier molecular flexibility index (Phi) is 7.50. The molecule has 0 aromatic carbocycles. The van der Waals surface area contributed by atoms with Crippen molar-refractivity contribution in [2.24, 2.45) is 28.4 Å². The van der Waals surface area contributed by atoms with Crippen LogP contribution in [0.2, 0.25) is 0 Å². The topological polar surface area (TPSA) is 181 Å². The summed E-state index contributed by atoms with van der Waals surface area (Å²) in [5.74, 6) is -2.00. The number of amides is 3. The summed E-state index contributed by atoms with van der Waals surface area (Å²) in [5, 5.41) is 2.69. The van der Waals surface area contributed by atoms with Gasteiger partial charge in [0.2, 0.25) is 27.7 Å². The van der Waals surface area contributed by atoms with Crippen molar-refractivity contribution in [3.63, 3.8) is 0 Å². The van der Waals surface area contributed by atoms with E-state index in [0.717, 1.165) is 17.5 Å². The van der Waals surface area contributed by atoms with Crippen molar-refractivity contribution in [1.82, 2.24) is 19.9 Å². The third-order valence-electron chi connectivity index (χ3n) is 8.34. The van der Waals surface area contributed by atoms with Gasteiger partial charge in [-0.1, -0.05) is 34.6 Å². The minimum atomic E-state index is -3.72. The molecule has 1 aromatic heterocycles. The number of likely N-dealkylation sites (tertiary alicyclic amines) is 1. The number of nitrogens with one attached hydrogen (secondary N) is 3. The first-order valence-electron chi connectivity index (χ1n) is 13.1. The van der Waals surface area contributed by atoms with Crippen molar-refractivity contribution < 1.29 is 27.5 Å². The summed E-state index contributed by atoms with van der Waals surface area (Å²) in [6.45, 7) is 10.4. The number of primary amides is 1. The van der Waals surface area contributed by atoms with E-state index in [4.69, 9.17) is 10.5 Å². The maximum absolute atomic E-state index is 13.7. The first kappa shape index (κ1) is 29.2. The number of H-pyrrole nitrogens is 1. The lowest BCUT2D eigenvalue weighted by Crippen LogP contribution is -2.60. The molecule has 3 amide bonds. The normalized spacial score (nSPS) is 25.3. The summed E-state index contributed by atoms with van der Waals surface area (Å²) < 4.78 is 32.0. The predicted molar refractivity (Wildman–Crippen MR) is 143 cm³/mol. The van der Waals surface area contributed by atoms with Gasteiger partial charge in [-0.25, -0.2) is 13.1 Å². The van der Waals surface area contributed by atoms with Crippen LogP contribution in [0.3, 0.4) is 0 Å². The third kappa shape index (κ3) is 5.90. The lowest BCUT2D eigenvalue weighted by molar-refractivity contribution is -0.144. The highest BCUT2D eigenvalue weighted by Crippen LogP contribution is 2.65. The van der Waals surface area contributed by atoms with Gasteiger partial charge in [0.15, 0.2) is 0 Å². The molecule has 3 heterocycles. The number of pyridine rings is 1. The molecule has 39 heavy (non-hydrogen) atoms. The number of carbonyl (C=O) groups is 3. The van der Waals surface area contributed by atoms with Gasteiger partial charge in [-0.2, -0.15) is 0 Å².